The first kappa shape index (κ1) is 10.2. The molecule has 0 heterocycles. The number of aliphatic hydroxyl groups excluding tert-OH is 1. The molecule has 0 radical (unpaired) electrons. The van der Waals surface area contributed by atoms with Crippen molar-refractivity contribution < 1.29 is 14.6 Å². The molecule has 64 valence electrons. The molecule has 3 heteroatoms. The Hall–Kier alpha value is -0.830. The molecule has 0 rings (SSSR count). The summed E-state index contributed by atoms with van der Waals surface area (Å²) in [6.45, 7) is 3.41. The molecule has 0 saturated heterocycles. The Bertz CT molecular complexity index is 151. The SMILES string of the molecule is C/C=C/[C@@H](O)[C@H](C)C(=O)OC. The molecule has 0 aromatic carbocycles. The van der Waals surface area contributed by atoms with Gasteiger partial charge in [0.05, 0.1) is 19.1 Å². The van der Waals surface area contributed by atoms with Crippen molar-refractivity contribution in [2.24, 2.45) is 5.92 Å². The van der Waals surface area contributed by atoms with Crippen LogP contribution in [0.2, 0.25) is 0 Å². The van der Waals surface area contributed by atoms with E-state index in [0.717, 1.165) is 0 Å². The number of aliphatic hydroxyl groups is 1. The molecule has 0 bridgehead atoms. The van der Waals surface area contributed by atoms with Crippen molar-refractivity contribution in [2.75, 3.05) is 7.11 Å². The lowest BCUT2D eigenvalue weighted by atomic mass is 10.1. The highest BCUT2D eigenvalue weighted by Crippen LogP contribution is 2.05. The van der Waals surface area contributed by atoms with Crippen molar-refractivity contribution in [3.8, 4) is 0 Å². The summed E-state index contributed by atoms with van der Waals surface area (Å²) in [7, 11) is 1.31. The first-order valence-electron chi connectivity index (χ1n) is 3.52. The van der Waals surface area contributed by atoms with Gasteiger partial charge in [-0.15, -0.1) is 0 Å². The molecule has 0 amide bonds. The highest BCUT2D eigenvalue weighted by molar-refractivity contribution is 5.72. The third kappa shape index (κ3) is 3.18. The number of ether oxygens (including phenoxy) is 1. The minimum absolute atomic E-state index is 0.393. The second-order valence-corrected chi connectivity index (χ2v) is 2.33. The molecule has 0 unspecified atom stereocenters. The van der Waals surface area contributed by atoms with Crippen LogP contribution >= 0.6 is 0 Å². The maximum absolute atomic E-state index is 10.8. The monoisotopic (exact) mass is 158 g/mol. The summed E-state index contributed by atoms with van der Waals surface area (Å²) < 4.78 is 4.45. The molecule has 0 aromatic rings. The first-order valence-corrected chi connectivity index (χ1v) is 3.52. The van der Waals surface area contributed by atoms with Crippen LogP contribution < -0.4 is 0 Å². The number of hydrogen-bond donors (Lipinski definition) is 1. The average Bonchev–Trinajstić information content (AvgIpc) is 2.02. The van der Waals surface area contributed by atoms with Gasteiger partial charge in [0.2, 0.25) is 0 Å². The fourth-order valence-electron chi connectivity index (χ4n) is 0.689. The maximum Gasteiger partial charge on any atom is 0.311 e. The van der Waals surface area contributed by atoms with Crippen molar-refractivity contribution >= 4 is 5.97 Å². The normalized spacial score (nSPS) is 16.4. The fourth-order valence-corrected chi connectivity index (χ4v) is 0.689. The maximum atomic E-state index is 10.8. The Kier molecular flexibility index (Phi) is 4.54. The number of methoxy groups -OCH3 is 1. The van der Waals surface area contributed by atoms with Crippen molar-refractivity contribution in [2.45, 2.75) is 20.0 Å². The summed E-state index contributed by atoms with van der Waals surface area (Å²) in [5, 5.41) is 9.23. The molecule has 0 aromatic heterocycles. The molecule has 11 heavy (non-hydrogen) atoms. The lowest BCUT2D eigenvalue weighted by Gasteiger charge is -2.11. The van der Waals surface area contributed by atoms with Crippen molar-refractivity contribution in [1.29, 1.82) is 0 Å². The lowest BCUT2D eigenvalue weighted by Crippen LogP contribution is -2.24. The Morgan fingerprint density at radius 1 is 1.64 bits per heavy atom. The molecular weight excluding hydrogens is 144 g/mol. The molecule has 0 fully saturated rings. The quantitative estimate of drug-likeness (QED) is 0.486. The van der Waals surface area contributed by atoms with E-state index in [9.17, 15) is 9.90 Å². The van der Waals surface area contributed by atoms with Gasteiger partial charge in [-0.3, -0.25) is 4.79 Å². The van der Waals surface area contributed by atoms with Crippen LogP contribution in [0.4, 0.5) is 0 Å². The van der Waals surface area contributed by atoms with Gasteiger partial charge in [0, 0.05) is 0 Å². The van der Waals surface area contributed by atoms with E-state index < -0.39 is 18.0 Å². The van der Waals surface area contributed by atoms with E-state index in [2.05, 4.69) is 4.74 Å². The summed E-state index contributed by atoms with van der Waals surface area (Å²) >= 11 is 0. The molecule has 1 N–H and O–H groups in total. The number of rotatable bonds is 3. The minimum Gasteiger partial charge on any atom is -0.469 e. The van der Waals surface area contributed by atoms with Crippen LogP contribution in [0.1, 0.15) is 13.8 Å². The summed E-state index contributed by atoms with van der Waals surface area (Å²) in [5.41, 5.74) is 0. The van der Waals surface area contributed by atoms with Crippen LogP contribution in [0.5, 0.6) is 0 Å². The van der Waals surface area contributed by atoms with Gasteiger partial charge in [-0.05, 0) is 13.8 Å². The Labute approximate surface area is 66.7 Å². The Morgan fingerprint density at radius 2 is 2.18 bits per heavy atom. The molecule has 0 aliphatic carbocycles. The van der Waals surface area contributed by atoms with Crippen LogP contribution in [0, 0.1) is 5.92 Å². The topological polar surface area (TPSA) is 46.5 Å². The Morgan fingerprint density at radius 3 is 2.55 bits per heavy atom. The molecule has 0 aliphatic heterocycles. The highest BCUT2D eigenvalue weighted by atomic mass is 16.5. The van der Waals surface area contributed by atoms with Crippen LogP contribution in [-0.4, -0.2) is 24.3 Å². The van der Waals surface area contributed by atoms with Crippen molar-refractivity contribution in [3.05, 3.63) is 12.2 Å². The third-order valence-corrected chi connectivity index (χ3v) is 1.47. The first-order chi connectivity index (χ1) is 5.13. The summed E-state index contributed by atoms with van der Waals surface area (Å²) in [5.74, 6) is -0.883. The standard InChI is InChI=1S/C8H14O3/c1-4-5-7(9)6(2)8(10)11-3/h4-7,9H,1-3H3/b5-4+/t6-,7+/m0/s1. The van der Waals surface area contributed by atoms with Crippen LogP contribution in [0.25, 0.3) is 0 Å². The van der Waals surface area contributed by atoms with Gasteiger partial charge in [0.15, 0.2) is 0 Å². The zero-order valence-electron chi connectivity index (χ0n) is 7.07. The molecule has 0 spiro atoms. The number of hydrogen-bond acceptors (Lipinski definition) is 3. The second kappa shape index (κ2) is 4.91. The van der Waals surface area contributed by atoms with Crippen LogP contribution in [0.3, 0.4) is 0 Å². The van der Waals surface area contributed by atoms with Crippen molar-refractivity contribution in [3.63, 3.8) is 0 Å². The van der Waals surface area contributed by atoms with E-state index >= 15 is 0 Å². The molecule has 0 aliphatic rings. The van der Waals surface area contributed by atoms with Gasteiger partial charge in [-0.2, -0.15) is 0 Å². The minimum atomic E-state index is -0.743. The zero-order chi connectivity index (χ0) is 8.85. The number of allylic oxidation sites excluding steroid dienone is 1. The van der Waals surface area contributed by atoms with Gasteiger partial charge in [-0.1, -0.05) is 12.2 Å². The third-order valence-electron chi connectivity index (χ3n) is 1.47. The smallest absolute Gasteiger partial charge is 0.311 e. The van der Waals surface area contributed by atoms with E-state index in [4.69, 9.17) is 0 Å². The highest BCUT2D eigenvalue weighted by Gasteiger charge is 2.19. The van der Waals surface area contributed by atoms with Crippen LogP contribution in [-0.2, 0) is 9.53 Å². The van der Waals surface area contributed by atoms with Gasteiger partial charge in [0.25, 0.3) is 0 Å². The average molecular weight is 158 g/mol. The largest absolute Gasteiger partial charge is 0.469 e. The summed E-state index contributed by atoms with van der Waals surface area (Å²) in [4.78, 5) is 10.8. The van der Waals surface area contributed by atoms with E-state index in [1.807, 2.05) is 0 Å². The van der Waals surface area contributed by atoms with E-state index in [-0.39, 0.29) is 0 Å². The van der Waals surface area contributed by atoms with E-state index in [0.29, 0.717) is 0 Å². The van der Waals surface area contributed by atoms with Crippen molar-refractivity contribution in [1.82, 2.24) is 0 Å². The van der Waals surface area contributed by atoms with Gasteiger partial charge in [0.1, 0.15) is 0 Å². The molecule has 0 saturated carbocycles. The lowest BCUT2D eigenvalue weighted by molar-refractivity contribution is -0.147. The number of carbonyl (C=O) groups excluding carboxylic acids is 1. The predicted octanol–water partition coefficient (Wildman–Crippen LogP) is 0.732. The van der Waals surface area contributed by atoms with Gasteiger partial charge < -0.3 is 9.84 Å². The summed E-state index contributed by atoms with van der Waals surface area (Å²) in [6, 6.07) is 0. The zero-order valence-corrected chi connectivity index (χ0v) is 7.07. The molecule has 2 atom stereocenters. The van der Waals surface area contributed by atoms with Gasteiger partial charge in [-0.25, -0.2) is 0 Å². The fraction of sp³-hybridized carbons (Fsp3) is 0.625. The predicted molar refractivity (Wildman–Crippen MR) is 42.0 cm³/mol. The van der Waals surface area contributed by atoms with Crippen LogP contribution in [0.15, 0.2) is 12.2 Å². The number of esters is 1. The molecular formula is C8H14O3. The second-order valence-electron chi connectivity index (χ2n) is 2.33. The van der Waals surface area contributed by atoms with E-state index in [1.54, 1.807) is 26.0 Å². The van der Waals surface area contributed by atoms with Gasteiger partial charge >= 0.3 is 5.97 Å². The van der Waals surface area contributed by atoms with E-state index in [1.165, 1.54) is 7.11 Å². The number of carbonyl (C=O) groups is 1. The summed E-state index contributed by atoms with van der Waals surface area (Å²) in [6.07, 6.45) is 2.51. The molecule has 3 nitrogen and oxygen atoms in total. The Balaban J connectivity index is 4.01.